The quantitative estimate of drug-likeness (QED) is 0.768. The Morgan fingerprint density at radius 1 is 1.38 bits per heavy atom. The minimum atomic E-state index is -0.417. The van der Waals surface area contributed by atoms with Gasteiger partial charge in [-0.1, -0.05) is 35.5 Å². The van der Waals surface area contributed by atoms with Gasteiger partial charge in [-0.05, 0) is 0 Å². The number of amides is 1. The van der Waals surface area contributed by atoms with Crippen LogP contribution in [0.1, 0.15) is 10.6 Å². The number of hydrogen-bond acceptors (Lipinski definition) is 5. The molecule has 2 unspecified atom stereocenters. The first kappa shape index (κ1) is 13.8. The van der Waals surface area contributed by atoms with Gasteiger partial charge in [-0.3, -0.25) is 4.79 Å². The van der Waals surface area contributed by atoms with E-state index in [9.17, 15) is 9.90 Å². The monoisotopic (exact) mass is 287 g/mol. The average Bonchev–Trinajstić information content (AvgIpc) is 3.15. The summed E-state index contributed by atoms with van der Waals surface area (Å²) in [7, 11) is 0. The molecule has 3 rings (SSSR count). The molecule has 1 aromatic carbocycles. The molecule has 6 heteroatoms. The van der Waals surface area contributed by atoms with Crippen LogP contribution in [0.5, 0.6) is 0 Å². The van der Waals surface area contributed by atoms with Crippen molar-refractivity contribution in [1.82, 2.24) is 15.8 Å². The third-order valence-corrected chi connectivity index (χ3v) is 3.63. The molecule has 1 fully saturated rings. The van der Waals surface area contributed by atoms with E-state index in [0.717, 1.165) is 5.56 Å². The van der Waals surface area contributed by atoms with Crippen molar-refractivity contribution in [3.05, 3.63) is 42.2 Å². The Hall–Kier alpha value is -2.18. The largest absolute Gasteiger partial charge is 0.391 e. The van der Waals surface area contributed by atoms with E-state index in [4.69, 9.17) is 4.52 Å². The van der Waals surface area contributed by atoms with Crippen LogP contribution < -0.4 is 10.6 Å². The van der Waals surface area contributed by atoms with Gasteiger partial charge >= 0.3 is 0 Å². The molecular formula is C15H17N3O3. The molecule has 2 atom stereocenters. The van der Waals surface area contributed by atoms with Crippen LogP contribution in [0.4, 0.5) is 0 Å². The van der Waals surface area contributed by atoms with Crippen molar-refractivity contribution in [3.8, 4) is 11.3 Å². The summed E-state index contributed by atoms with van der Waals surface area (Å²) < 4.78 is 5.08. The van der Waals surface area contributed by atoms with Crippen LogP contribution in [0.2, 0.25) is 0 Å². The predicted molar refractivity (Wildman–Crippen MR) is 76.6 cm³/mol. The van der Waals surface area contributed by atoms with Gasteiger partial charge in [-0.25, -0.2) is 0 Å². The highest BCUT2D eigenvalue weighted by Crippen LogP contribution is 2.18. The number of hydrogen-bond donors (Lipinski definition) is 3. The number of carbonyl (C=O) groups is 1. The summed E-state index contributed by atoms with van der Waals surface area (Å²) in [5.74, 6) is -0.108. The lowest BCUT2D eigenvalue weighted by molar-refractivity contribution is 0.0891. The molecule has 2 aromatic rings. The van der Waals surface area contributed by atoms with Crippen LogP contribution >= 0.6 is 0 Å². The molecule has 1 aliphatic rings. The zero-order valence-electron chi connectivity index (χ0n) is 11.5. The molecule has 1 aromatic heterocycles. The minimum Gasteiger partial charge on any atom is -0.391 e. The molecule has 1 aliphatic heterocycles. The fourth-order valence-corrected chi connectivity index (χ4v) is 2.37. The van der Waals surface area contributed by atoms with E-state index in [1.54, 1.807) is 6.07 Å². The first-order chi connectivity index (χ1) is 10.2. The summed E-state index contributed by atoms with van der Waals surface area (Å²) in [5, 5.41) is 19.4. The molecule has 0 bridgehead atoms. The van der Waals surface area contributed by atoms with Gasteiger partial charge in [0.15, 0.2) is 0 Å². The second-order valence-electron chi connectivity index (χ2n) is 5.14. The van der Waals surface area contributed by atoms with Gasteiger partial charge in [0.05, 0.1) is 6.10 Å². The van der Waals surface area contributed by atoms with Crippen molar-refractivity contribution < 1.29 is 14.4 Å². The highest BCUT2D eigenvalue weighted by atomic mass is 16.5. The second kappa shape index (κ2) is 6.07. The van der Waals surface area contributed by atoms with Crippen LogP contribution in [0.25, 0.3) is 11.3 Å². The Morgan fingerprint density at radius 2 is 2.19 bits per heavy atom. The van der Waals surface area contributed by atoms with Crippen molar-refractivity contribution in [1.29, 1.82) is 0 Å². The Morgan fingerprint density at radius 3 is 2.90 bits per heavy atom. The van der Waals surface area contributed by atoms with E-state index >= 15 is 0 Å². The molecule has 0 spiro atoms. The molecule has 0 aliphatic carbocycles. The second-order valence-corrected chi connectivity index (χ2v) is 5.14. The smallest absolute Gasteiger partial charge is 0.289 e. The first-order valence-electron chi connectivity index (χ1n) is 6.93. The number of nitrogens with zero attached hydrogens (tertiary/aromatic N) is 1. The van der Waals surface area contributed by atoms with Gasteiger partial charge in [0, 0.05) is 37.2 Å². The standard InChI is InChI=1S/C15H17N3O3/c19-13-9-16-7-11(13)8-17-15(20)14-6-12(18-21-14)10-4-2-1-3-5-10/h1-6,11,13,16,19H,7-9H2,(H,17,20). The van der Waals surface area contributed by atoms with Crippen LogP contribution in [0, 0.1) is 5.92 Å². The third-order valence-electron chi connectivity index (χ3n) is 3.63. The number of carbonyl (C=O) groups excluding carboxylic acids is 1. The van der Waals surface area contributed by atoms with Crippen molar-refractivity contribution in [2.45, 2.75) is 6.10 Å². The van der Waals surface area contributed by atoms with E-state index in [-0.39, 0.29) is 17.6 Å². The molecular weight excluding hydrogens is 270 g/mol. The SMILES string of the molecule is O=C(NCC1CNCC1O)c1cc(-c2ccccc2)no1. The molecule has 0 saturated carbocycles. The summed E-state index contributed by atoms with van der Waals surface area (Å²) in [5.41, 5.74) is 1.53. The molecule has 3 N–H and O–H groups in total. The highest BCUT2D eigenvalue weighted by Gasteiger charge is 2.25. The van der Waals surface area contributed by atoms with Crippen LogP contribution in [-0.2, 0) is 0 Å². The third kappa shape index (κ3) is 3.12. The van der Waals surface area contributed by atoms with Gasteiger partial charge in [0.2, 0.25) is 5.76 Å². The topological polar surface area (TPSA) is 87.4 Å². The normalized spacial score (nSPS) is 21.4. The van der Waals surface area contributed by atoms with Gasteiger partial charge in [0.25, 0.3) is 5.91 Å². The Balaban J connectivity index is 1.62. The van der Waals surface area contributed by atoms with Crippen molar-refractivity contribution >= 4 is 5.91 Å². The summed E-state index contributed by atoms with van der Waals surface area (Å²) >= 11 is 0. The zero-order chi connectivity index (χ0) is 14.7. The molecule has 0 radical (unpaired) electrons. The Bertz CT molecular complexity index is 612. The number of benzene rings is 1. The average molecular weight is 287 g/mol. The fourth-order valence-electron chi connectivity index (χ4n) is 2.37. The van der Waals surface area contributed by atoms with E-state index in [2.05, 4.69) is 15.8 Å². The van der Waals surface area contributed by atoms with Crippen molar-refractivity contribution in [3.63, 3.8) is 0 Å². The maximum atomic E-state index is 12.0. The Labute approximate surface area is 122 Å². The minimum absolute atomic E-state index is 0.0328. The van der Waals surface area contributed by atoms with E-state index < -0.39 is 6.10 Å². The highest BCUT2D eigenvalue weighted by molar-refractivity contribution is 5.92. The maximum absolute atomic E-state index is 12.0. The van der Waals surface area contributed by atoms with E-state index in [0.29, 0.717) is 25.3 Å². The molecule has 2 heterocycles. The number of aliphatic hydroxyl groups excluding tert-OH is 1. The molecule has 6 nitrogen and oxygen atoms in total. The van der Waals surface area contributed by atoms with Gasteiger partial charge < -0.3 is 20.3 Å². The molecule has 1 amide bonds. The van der Waals surface area contributed by atoms with Gasteiger partial charge in [-0.15, -0.1) is 0 Å². The van der Waals surface area contributed by atoms with Crippen LogP contribution in [-0.4, -0.2) is 41.9 Å². The maximum Gasteiger partial charge on any atom is 0.289 e. The van der Waals surface area contributed by atoms with Gasteiger partial charge in [-0.2, -0.15) is 0 Å². The summed E-state index contributed by atoms with van der Waals surface area (Å²) in [6.45, 7) is 1.68. The van der Waals surface area contributed by atoms with Crippen molar-refractivity contribution in [2.24, 2.45) is 5.92 Å². The molecule has 21 heavy (non-hydrogen) atoms. The summed E-state index contributed by atoms with van der Waals surface area (Å²) in [4.78, 5) is 12.0. The predicted octanol–water partition coefficient (Wildman–Crippen LogP) is 0.652. The number of β-amino-alcohol motifs (C(OH)–C–C–N with tert-alkyl or cyclic N) is 1. The van der Waals surface area contributed by atoms with Crippen LogP contribution in [0.3, 0.4) is 0 Å². The number of aliphatic hydroxyl groups is 1. The van der Waals surface area contributed by atoms with Crippen LogP contribution in [0.15, 0.2) is 40.9 Å². The molecule has 1 saturated heterocycles. The number of rotatable bonds is 4. The molecule has 110 valence electrons. The van der Waals surface area contributed by atoms with E-state index in [1.807, 2.05) is 30.3 Å². The van der Waals surface area contributed by atoms with Gasteiger partial charge in [0.1, 0.15) is 5.69 Å². The lowest BCUT2D eigenvalue weighted by Crippen LogP contribution is -2.34. The number of nitrogens with one attached hydrogen (secondary N) is 2. The Kier molecular flexibility index (Phi) is 3.98. The van der Waals surface area contributed by atoms with E-state index in [1.165, 1.54) is 0 Å². The fraction of sp³-hybridized carbons (Fsp3) is 0.333. The lowest BCUT2D eigenvalue weighted by atomic mass is 10.1. The lowest BCUT2D eigenvalue weighted by Gasteiger charge is -2.12. The number of aromatic nitrogens is 1. The zero-order valence-corrected chi connectivity index (χ0v) is 11.5. The summed E-state index contributed by atoms with van der Waals surface area (Å²) in [6.07, 6.45) is -0.417. The first-order valence-corrected chi connectivity index (χ1v) is 6.93. The summed E-state index contributed by atoms with van der Waals surface area (Å²) in [6, 6.07) is 11.1. The van der Waals surface area contributed by atoms with Crippen molar-refractivity contribution in [2.75, 3.05) is 19.6 Å².